The quantitative estimate of drug-likeness (QED) is 0.233. The summed E-state index contributed by atoms with van der Waals surface area (Å²) >= 11 is 4.57. The second-order valence-electron chi connectivity index (χ2n) is 8.70. The largest absolute Gasteiger partial charge is 0.465 e. The lowest BCUT2D eigenvalue weighted by Crippen LogP contribution is -2.17. The molecule has 3 aromatic heterocycles. The minimum absolute atomic E-state index is 0.147. The van der Waals surface area contributed by atoms with Crippen molar-refractivity contribution >= 4 is 51.3 Å². The molecule has 4 rings (SSSR count). The van der Waals surface area contributed by atoms with Gasteiger partial charge in [0, 0.05) is 26.7 Å². The summed E-state index contributed by atoms with van der Waals surface area (Å²) in [5.74, 6) is 0.451. The molecule has 0 bridgehead atoms. The molecule has 1 aliphatic rings. The van der Waals surface area contributed by atoms with Gasteiger partial charge in [0.25, 0.3) is 0 Å². The molecule has 1 aliphatic carbocycles. The van der Waals surface area contributed by atoms with E-state index in [1.54, 1.807) is 11.3 Å². The van der Waals surface area contributed by atoms with E-state index < -0.39 is 0 Å². The molecule has 0 saturated carbocycles. The van der Waals surface area contributed by atoms with Crippen LogP contribution in [-0.2, 0) is 22.4 Å². The van der Waals surface area contributed by atoms with Gasteiger partial charge in [-0.15, -0.1) is 32.9 Å². The van der Waals surface area contributed by atoms with Gasteiger partial charge in [-0.2, -0.15) is 0 Å². The Morgan fingerprint density at radius 3 is 2.65 bits per heavy atom. The summed E-state index contributed by atoms with van der Waals surface area (Å²) in [6.45, 7) is 8.38. The van der Waals surface area contributed by atoms with Gasteiger partial charge in [-0.3, -0.25) is 9.36 Å². The Labute approximate surface area is 212 Å². The third kappa shape index (κ3) is 4.94. The van der Waals surface area contributed by atoms with Gasteiger partial charge in [-0.25, -0.2) is 4.79 Å². The minimum Gasteiger partial charge on any atom is -0.465 e. The first-order chi connectivity index (χ1) is 16.3. The van der Waals surface area contributed by atoms with Crippen molar-refractivity contribution in [3.8, 4) is 11.4 Å². The lowest BCUT2D eigenvalue weighted by atomic mass is 10.1. The number of ether oxygens (including phenoxy) is 1. The average molecular weight is 519 g/mol. The van der Waals surface area contributed by atoms with Gasteiger partial charge in [0.2, 0.25) is 5.91 Å². The van der Waals surface area contributed by atoms with Gasteiger partial charge in [0.15, 0.2) is 11.0 Å². The number of carbonyl (C=O) groups is 2. The fourth-order valence-electron chi connectivity index (χ4n) is 4.20. The van der Waals surface area contributed by atoms with Crippen LogP contribution >= 0.6 is 34.4 Å². The molecule has 0 fully saturated rings. The Morgan fingerprint density at radius 2 is 1.97 bits per heavy atom. The van der Waals surface area contributed by atoms with Crippen molar-refractivity contribution in [3.63, 3.8) is 0 Å². The molecule has 7 nitrogen and oxygen atoms in total. The lowest BCUT2D eigenvalue weighted by Gasteiger charge is -2.13. The van der Waals surface area contributed by atoms with Gasteiger partial charge >= 0.3 is 5.97 Å². The Hall–Kier alpha value is -2.17. The number of esters is 1. The zero-order chi connectivity index (χ0) is 24.4. The zero-order valence-corrected chi connectivity index (χ0v) is 22.6. The molecule has 0 unspecified atom stereocenters. The molecule has 182 valence electrons. The van der Waals surface area contributed by atoms with Crippen LogP contribution in [0.2, 0.25) is 0 Å². The normalized spacial score (nSPS) is 13.6. The van der Waals surface area contributed by atoms with Crippen molar-refractivity contribution in [2.24, 2.45) is 0 Å². The van der Waals surface area contributed by atoms with E-state index in [9.17, 15) is 9.59 Å². The zero-order valence-electron chi connectivity index (χ0n) is 20.2. The maximum Gasteiger partial charge on any atom is 0.341 e. The van der Waals surface area contributed by atoms with Gasteiger partial charge < -0.3 is 10.1 Å². The second kappa shape index (κ2) is 10.6. The molecule has 1 N–H and O–H groups in total. The monoisotopic (exact) mass is 518 g/mol. The second-order valence-corrected chi connectivity index (χ2v) is 11.8. The highest BCUT2D eigenvalue weighted by atomic mass is 32.2. The molecule has 34 heavy (non-hydrogen) atoms. The lowest BCUT2D eigenvalue weighted by molar-refractivity contribution is -0.113. The van der Waals surface area contributed by atoms with Crippen molar-refractivity contribution < 1.29 is 14.3 Å². The first kappa shape index (κ1) is 24.9. The number of hydrogen-bond donors (Lipinski definition) is 1. The predicted octanol–water partition coefficient (Wildman–Crippen LogP) is 6.05. The summed E-state index contributed by atoms with van der Waals surface area (Å²) < 4.78 is 7.12. The van der Waals surface area contributed by atoms with E-state index in [-0.39, 0.29) is 23.7 Å². The fraction of sp³-hybridized carbons (Fsp3) is 0.500. The molecule has 10 heteroatoms. The van der Waals surface area contributed by atoms with E-state index in [0.29, 0.717) is 15.7 Å². The van der Waals surface area contributed by atoms with Gasteiger partial charge in [-0.05, 0) is 64.5 Å². The molecule has 0 aliphatic heterocycles. The SMILES string of the molecule is COC(=O)c1c(NC(=O)CSc2nnc(-c3csc(C)c3C)n2C(C)C)sc2c1CCCCC2. The smallest absolute Gasteiger partial charge is 0.341 e. The van der Waals surface area contributed by atoms with Crippen LogP contribution in [0.1, 0.15) is 70.4 Å². The number of anilines is 1. The highest BCUT2D eigenvalue weighted by Crippen LogP contribution is 2.38. The number of thiophene rings is 2. The van der Waals surface area contributed by atoms with Crippen LogP contribution < -0.4 is 5.32 Å². The van der Waals surface area contributed by atoms with Crippen molar-refractivity contribution in [2.45, 2.75) is 71.0 Å². The van der Waals surface area contributed by atoms with Crippen LogP contribution in [0.5, 0.6) is 0 Å². The predicted molar refractivity (Wildman–Crippen MR) is 139 cm³/mol. The number of fused-ring (bicyclic) bond motifs is 1. The summed E-state index contributed by atoms with van der Waals surface area (Å²) in [6, 6.07) is 0.147. The Kier molecular flexibility index (Phi) is 7.79. The summed E-state index contributed by atoms with van der Waals surface area (Å²) in [7, 11) is 1.39. The number of hydrogen-bond acceptors (Lipinski definition) is 8. The van der Waals surface area contributed by atoms with Crippen LogP contribution in [0.3, 0.4) is 0 Å². The van der Waals surface area contributed by atoms with Gasteiger partial charge in [0.1, 0.15) is 5.00 Å². The van der Waals surface area contributed by atoms with E-state index in [0.717, 1.165) is 49.1 Å². The molecule has 0 radical (unpaired) electrons. The molecule has 0 spiro atoms. The third-order valence-corrected chi connectivity index (χ3v) is 9.27. The van der Waals surface area contributed by atoms with Crippen LogP contribution in [0.4, 0.5) is 5.00 Å². The topological polar surface area (TPSA) is 86.1 Å². The number of nitrogens with one attached hydrogen (secondary N) is 1. The molecule has 0 atom stereocenters. The van der Waals surface area contributed by atoms with Crippen molar-refractivity contribution in [1.82, 2.24) is 14.8 Å². The van der Waals surface area contributed by atoms with E-state index in [1.807, 2.05) is 0 Å². The van der Waals surface area contributed by atoms with E-state index in [1.165, 1.54) is 45.5 Å². The summed E-state index contributed by atoms with van der Waals surface area (Å²) in [5.41, 5.74) is 3.87. The Morgan fingerprint density at radius 1 is 1.21 bits per heavy atom. The molecule has 0 aromatic carbocycles. The van der Waals surface area contributed by atoms with Crippen molar-refractivity contribution in [1.29, 1.82) is 0 Å². The van der Waals surface area contributed by atoms with Crippen LogP contribution in [0, 0.1) is 13.8 Å². The Bertz CT molecular complexity index is 1210. The fourth-order valence-corrected chi connectivity index (χ4v) is 7.22. The number of methoxy groups -OCH3 is 1. The van der Waals surface area contributed by atoms with Gasteiger partial charge in [-0.1, -0.05) is 18.2 Å². The number of aryl methyl sites for hydroxylation is 2. The molecule has 1 amide bonds. The van der Waals surface area contributed by atoms with Crippen LogP contribution in [0.15, 0.2) is 10.5 Å². The maximum atomic E-state index is 12.9. The highest BCUT2D eigenvalue weighted by Gasteiger charge is 2.27. The summed E-state index contributed by atoms with van der Waals surface area (Å²) in [5, 5.41) is 15.2. The molecular weight excluding hydrogens is 488 g/mol. The third-order valence-electron chi connectivity index (χ3n) is 6.10. The van der Waals surface area contributed by atoms with Gasteiger partial charge in [0.05, 0.1) is 18.4 Å². The van der Waals surface area contributed by atoms with E-state index >= 15 is 0 Å². The first-order valence-electron chi connectivity index (χ1n) is 11.5. The number of carbonyl (C=O) groups excluding carboxylic acids is 2. The number of nitrogens with zero attached hydrogens (tertiary/aromatic N) is 3. The van der Waals surface area contributed by atoms with E-state index in [2.05, 4.69) is 53.2 Å². The van der Waals surface area contributed by atoms with Crippen molar-refractivity contribution in [2.75, 3.05) is 18.2 Å². The maximum absolute atomic E-state index is 12.9. The minimum atomic E-state index is -0.382. The number of amides is 1. The number of thioether (sulfide) groups is 1. The highest BCUT2D eigenvalue weighted by molar-refractivity contribution is 7.99. The number of rotatable bonds is 7. The standard InChI is InChI=1S/C24H30N4O3S3/c1-13(2)28-21(17-11-32-15(4)14(17)3)26-27-24(28)33-12-19(29)25-22-20(23(30)31-5)16-9-7-6-8-10-18(16)34-22/h11,13H,6-10,12H2,1-5H3,(H,25,29). The van der Waals surface area contributed by atoms with Crippen LogP contribution in [-0.4, -0.2) is 39.5 Å². The molecule has 3 heterocycles. The Balaban J connectivity index is 1.52. The molecule has 3 aromatic rings. The van der Waals surface area contributed by atoms with Crippen molar-refractivity contribution in [3.05, 3.63) is 31.8 Å². The number of aromatic nitrogens is 3. The molecular formula is C24H30N4O3S3. The van der Waals surface area contributed by atoms with E-state index in [4.69, 9.17) is 4.74 Å². The first-order valence-corrected chi connectivity index (χ1v) is 14.1. The average Bonchev–Trinajstić information content (AvgIpc) is 3.42. The summed E-state index contributed by atoms with van der Waals surface area (Å²) in [6.07, 6.45) is 5.10. The van der Waals surface area contributed by atoms with Crippen LogP contribution in [0.25, 0.3) is 11.4 Å². The summed E-state index contributed by atoms with van der Waals surface area (Å²) in [4.78, 5) is 27.9. The molecule has 0 saturated heterocycles.